The van der Waals surface area contributed by atoms with Crippen LogP contribution in [0.25, 0.3) is 50.3 Å². The van der Waals surface area contributed by atoms with Crippen molar-refractivity contribution in [3.05, 3.63) is 113 Å². The molecule has 4 aromatic heterocycles. The number of allylic oxidation sites excluding steroid dienone is 1. The maximum atomic E-state index is 6.86. The minimum absolute atomic E-state index is 0.197. The minimum atomic E-state index is -1.72. The van der Waals surface area contributed by atoms with Gasteiger partial charge in [-0.3, -0.25) is 0 Å². The third-order valence-corrected chi connectivity index (χ3v) is 16.0. The van der Waals surface area contributed by atoms with E-state index in [4.69, 9.17) is 16.0 Å². The molecule has 0 N–H and O–H groups in total. The summed E-state index contributed by atoms with van der Waals surface area (Å²) < 4.78 is 12.1. The molecular formula is C54H67N3OSi+2. The van der Waals surface area contributed by atoms with Crippen molar-refractivity contribution in [3.8, 4) is 22.5 Å². The highest BCUT2D eigenvalue weighted by atomic mass is 28.3. The molecule has 2 atom stereocenters. The lowest BCUT2D eigenvalue weighted by atomic mass is 9.75. The van der Waals surface area contributed by atoms with Gasteiger partial charge in [-0.1, -0.05) is 97.8 Å². The monoisotopic (exact) mass is 802 g/mol. The van der Waals surface area contributed by atoms with Crippen molar-refractivity contribution in [2.45, 2.75) is 150 Å². The van der Waals surface area contributed by atoms with Crippen LogP contribution in [0.15, 0.2) is 78.0 Å². The molecule has 0 saturated heterocycles. The summed E-state index contributed by atoms with van der Waals surface area (Å²) in [6.07, 6.45) is 16.7. The zero-order chi connectivity index (χ0) is 41.5. The van der Waals surface area contributed by atoms with Crippen molar-refractivity contribution in [1.29, 1.82) is 0 Å². The zero-order valence-electron chi connectivity index (χ0n) is 37.7. The van der Waals surface area contributed by atoms with Crippen LogP contribution in [0.2, 0.25) is 19.6 Å². The summed E-state index contributed by atoms with van der Waals surface area (Å²) in [6.45, 7) is 28.8. The second-order valence-electron chi connectivity index (χ2n) is 21.4. The van der Waals surface area contributed by atoms with Crippen LogP contribution in [0.3, 0.4) is 0 Å². The summed E-state index contributed by atoms with van der Waals surface area (Å²) in [4.78, 5) is 4.88. The first-order valence-electron chi connectivity index (χ1n) is 22.8. The first-order valence-corrected chi connectivity index (χ1v) is 26.3. The van der Waals surface area contributed by atoms with Gasteiger partial charge in [0.2, 0.25) is 17.1 Å². The first-order chi connectivity index (χ1) is 28.0. The largest absolute Gasteiger partial charge is 0.437 e. The van der Waals surface area contributed by atoms with Gasteiger partial charge in [0.05, 0.1) is 25.6 Å². The smallest absolute Gasteiger partial charge is 0.227 e. The van der Waals surface area contributed by atoms with Gasteiger partial charge in [0.1, 0.15) is 0 Å². The predicted octanol–water partition coefficient (Wildman–Crippen LogP) is 13.0. The molecule has 6 heterocycles. The number of furan rings is 1. The molecule has 59 heavy (non-hydrogen) atoms. The second kappa shape index (κ2) is 15.0. The SMILES string of the molecule is C=C1CC2C(CCc3ccc4c(oc5nc(C)ccc54)c3-c3cc(CC(C)C)c(C)c[n+]31)c1ccc(C3CCCCC3)cc1-c1cc(CC(C)(C)C)c([Si](C)(C)C)c[n+]12. The number of rotatable bonds is 5. The van der Waals surface area contributed by atoms with Crippen molar-refractivity contribution in [2.24, 2.45) is 11.3 Å². The molecule has 0 radical (unpaired) electrons. The van der Waals surface area contributed by atoms with E-state index in [1.54, 1.807) is 16.3 Å². The van der Waals surface area contributed by atoms with Crippen LogP contribution in [0.5, 0.6) is 0 Å². The average molecular weight is 802 g/mol. The first kappa shape index (κ1) is 40.1. The fourth-order valence-electron chi connectivity index (χ4n) is 11.1. The molecule has 1 aliphatic carbocycles. The Balaban J connectivity index is 1.29. The van der Waals surface area contributed by atoms with Crippen molar-refractivity contribution in [3.63, 3.8) is 0 Å². The Morgan fingerprint density at radius 3 is 2.34 bits per heavy atom. The highest BCUT2D eigenvalue weighted by Crippen LogP contribution is 2.47. The Bertz CT molecular complexity index is 2630. The summed E-state index contributed by atoms with van der Waals surface area (Å²) in [5, 5.41) is 3.82. The van der Waals surface area contributed by atoms with Crippen LogP contribution in [-0.2, 0) is 19.3 Å². The fraction of sp³-hybridized carbons (Fsp3) is 0.463. The van der Waals surface area contributed by atoms with E-state index in [1.807, 2.05) is 6.92 Å². The molecule has 9 rings (SSSR count). The van der Waals surface area contributed by atoms with Crippen LogP contribution < -0.4 is 14.3 Å². The predicted molar refractivity (Wildman–Crippen MR) is 249 cm³/mol. The maximum Gasteiger partial charge on any atom is 0.227 e. The number of nitrogens with zero attached hydrogens (tertiary/aromatic N) is 3. The van der Waals surface area contributed by atoms with E-state index in [0.29, 0.717) is 17.8 Å². The molecule has 1 saturated carbocycles. The number of hydrogen-bond acceptors (Lipinski definition) is 2. The van der Waals surface area contributed by atoms with Gasteiger partial charge in [-0.15, -0.1) is 0 Å². The third-order valence-electron chi connectivity index (χ3n) is 13.9. The number of fused-ring (bicyclic) bond motifs is 13. The van der Waals surface area contributed by atoms with Crippen LogP contribution in [0.1, 0.15) is 137 Å². The molecule has 2 aromatic carbocycles. The Hall–Kier alpha value is -4.35. The molecule has 6 aromatic rings. The van der Waals surface area contributed by atoms with E-state index < -0.39 is 8.07 Å². The molecule has 306 valence electrons. The average Bonchev–Trinajstić information content (AvgIpc) is 3.54. The van der Waals surface area contributed by atoms with Crippen LogP contribution in [-0.4, -0.2) is 13.1 Å². The number of aryl methyl sites for hydroxylation is 3. The molecule has 5 heteroatoms. The van der Waals surface area contributed by atoms with Gasteiger partial charge in [0.25, 0.3) is 0 Å². The van der Waals surface area contributed by atoms with Gasteiger partial charge in [0.15, 0.2) is 29.7 Å². The summed E-state index contributed by atoms with van der Waals surface area (Å²) in [7, 11) is -1.72. The molecule has 0 amide bonds. The van der Waals surface area contributed by atoms with E-state index in [2.05, 4.69) is 137 Å². The lowest BCUT2D eigenvalue weighted by Crippen LogP contribution is -2.55. The molecule has 2 aliphatic heterocycles. The van der Waals surface area contributed by atoms with Gasteiger partial charge in [0, 0.05) is 45.3 Å². The van der Waals surface area contributed by atoms with E-state index in [1.165, 1.54) is 76.9 Å². The van der Waals surface area contributed by atoms with E-state index in [9.17, 15) is 0 Å². The van der Waals surface area contributed by atoms with Crippen LogP contribution in [0, 0.1) is 25.2 Å². The fourth-order valence-corrected chi connectivity index (χ4v) is 12.7. The molecule has 3 aliphatic rings. The number of benzene rings is 2. The van der Waals surface area contributed by atoms with Crippen molar-refractivity contribution in [2.75, 3.05) is 0 Å². The summed E-state index contributed by atoms with van der Waals surface area (Å²) in [5.41, 5.74) is 17.9. The molecule has 0 bridgehead atoms. The topological polar surface area (TPSA) is 33.8 Å². The summed E-state index contributed by atoms with van der Waals surface area (Å²) in [6, 6.07) is 22.1. The number of pyridine rings is 3. The quantitative estimate of drug-likeness (QED) is 0.129. The zero-order valence-corrected chi connectivity index (χ0v) is 38.7. The van der Waals surface area contributed by atoms with Gasteiger partial charge >= 0.3 is 0 Å². The van der Waals surface area contributed by atoms with E-state index >= 15 is 0 Å². The molecule has 0 spiro atoms. The Morgan fingerprint density at radius 1 is 0.864 bits per heavy atom. The summed E-state index contributed by atoms with van der Waals surface area (Å²) >= 11 is 0. The van der Waals surface area contributed by atoms with Gasteiger partial charge in [-0.2, -0.15) is 9.13 Å². The van der Waals surface area contributed by atoms with Gasteiger partial charge in [-0.25, -0.2) is 4.98 Å². The van der Waals surface area contributed by atoms with E-state index in [0.717, 1.165) is 65.6 Å². The lowest BCUT2D eigenvalue weighted by Gasteiger charge is -2.34. The van der Waals surface area contributed by atoms with Crippen molar-refractivity contribution >= 4 is 41.0 Å². The normalized spacial score (nSPS) is 18.7. The Morgan fingerprint density at radius 2 is 1.61 bits per heavy atom. The van der Waals surface area contributed by atoms with E-state index in [-0.39, 0.29) is 11.5 Å². The standard InChI is InChI=1S/C54H67N3OSi/c1-33(2)25-40-28-49-51-38(19-24-44-45-21-17-35(4)55-53(45)58-52(44)51)18-23-43-42-22-20-39(37-15-13-12-14-16-37)27-46(42)48-29-41(30-54(6,7)8)50(59(9,10)11)32-57(48)47(43)26-36(5)56(49)31-34(40)3/h17,19-22,24,27-29,31-33,37,43,47H,5,12-16,18,23,25-26,30H2,1-4,6-11H3/q+2. The minimum Gasteiger partial charge on any atom is -0.437 e. The number of hydrogen-bond donors (Lipinski definition) is 0. The van der Waals surface area contributed by atoms with Crippen LogP contribution >= 0.6 is 0 Å². The number of aromatic nitrogens is 3. The van der Waals surface area contributed by atoms with Crippen LogP contribution in [0.4, 0.5) is 0 Å². The Labute approximate surface area is 354 Å². The molecule has 2 unspecified atom stereocenters. The van der Waals surface area contributed by atoms with Crippen molar-refractivity contribution in [1.82, 2.24) is 4.98 Å². The van der Waals surface area contributed by atoms with Gasteiger partial charge in [-0.05, 0) is 122 Å². The Kier molecular flexibility index (Phi) is 10.2. The maximum absolute atomic E-state index is 6.86. The molecular weight excluding hydrogens is 735 g/mol. The summed E-state index contributed by atoms with van der Waals surface area (Å²) in [5.74, 6) is 1.54. The second-order valence-corrected chi connectivity index (χ2v) is 26.4. The molecule has 1 fully saturated rings. The van der Waals surface area contributed by atoms with Crippen molar-refractivity contribution < 1.29 is 13.6 Å². The third kappa shape index (κ3) is 7.44. The highest BCUT2D eigenvalue weighted by molar-refractivity contribution is 6.89. The lowest BCUT2D eigenvalue weighted by molar-refractivity contribution is -0.719. The highest BCUT2D eigenvalue weighted by Gasteiger charge is 2.45. The van der Waals surface area contributed by atoms with Gasteiger partial charge < -0.3 is 4.42 Å². The molecule has 4 nitrogen and oxygen atoms in total.